The van der Waals surface area contributed by atoms with E-state index in [2.05, 4.69) is 0 Å². The lowest BCUT2D eigenvalue weighted by Gasteiger charge is -2.25. The highest BCUT2D eigenvalue weighted by Crippen LogP contribution is 2.41. The van der Waals surface area contributed by atoms with Gasteiger partial charge in [0.25, 0.3) is 0 Å². The number of nitrogens with two attached hydrogens (primary N) is 1. The van der Waals surface area contributed by atoms with Crippen LogP contribution in [0.2, 0.25) is 0 Å². The van der Waals surface area contributed by atoms with E-state index >= 15 is 0 Å². The normalized spacial score (nSPS) is 16.0. The van der Waals surface area contributed by atoms with E-state index < -0.39 is 17.7 Å². The smallest absolute Gasteiger partial charge is 0.325 e. The highest BCUT2D eigenvalue weighted by molar-refractivity contribution is 5.77. The molecule has 0 radical (unpaired) electrons. The maximum absolute atomic E-state index is 14.1. The number of carboxylic acid groups (broad SMARTS) is 1. The Morgan fingerprint density at radius 3 is 2.63 bits per heavy atom. The first-order valence-corrected chi connectivity index (χ1v) is 5.92. The highest BCUT2D eigenvalue weighted by Gasteiger charge is 2.29. The van der Waals surface area contributed by atoms with Gasteiger partial charge in [-0.1, -0.05) is 0 Å². The van der Waals surface area contributed by atoms with Crippen molar-refractivity contribution in [3.8, 4) is 11.5 Å². The molecule has 1 aromatic rings. The SMILES string of the molecule is CC(C)(F)c1cc2c(c(C(N)C(=O)O)c1)OCCO2. The molecular weight excluding hydrogens is 253 g/mol. The molecule has 1 aliphatic heterocycles. The molecule has 0 fully saturated rings. The van der Waals surface area contributed by atoms with Gasteiger partial charge in [-0.15, -0.1) is 0 Å². The van der Waals surface area contributed by atoms with E-state index in [1.807, 2.05) is 0 Å². The van der Waals surface area contributed by atoms with Gasteiger partial charge in [0.15, 0.2) is 11.5 Å². The Labute approximate surface area is 110 Å². The molecule has 1 unspecified atom stereocenters. The molecule has 0 saturated heterocycles. The Kier molecular flexibility index (Phi) is 3.36. The summed E-state index contributed by atoms with van der Waals surface area (Å²) >= 11 is 0. The van der Waals surface area contributed by atoms with Gasteiger partial charge in [-0.2, -0.15) is 0 Å². The van der Waals surface area contributed by atoms with E-state index in [9.17, 15) is 9.18 Å². The number of hydrogen-bond donors (Lipinski definition) is 2. The predicted octanol–water partition coefficient (Wildman–Crippen LogP) is 1.75. The largest absolute Gasteiger partial charge is 0.486 e. The van der Waals surface area contributed by atoms with Crippen LogP contribution in [0.5, 0.6) is 11.5 Å². The topological polar surface area (TPSA) is 81.8 Å². The summed E-state index contributed by atoms with van der Waals surface area (Å²) in [4.78, 5) is 11.0. The Hall–Kier alpha value is -1.82. The maximum Gasteiger partial charge on any atom is 0.325 e. The predicted molar refractivity (Wildman–Crippen MR) is 66.1 cm³/mol. The molecule has 19 heavy (non-hydrogen) atoms. The van der Waals surface area contributed by atoms with Gasteiger partial charge in [0, 0.05) is 5.56 Å². The monoisotopic (exact) mass is 269 g/mol. The molecule has 0 amide bonds. The highest BCUT2D eigenvalue weighted by atomic mass is 19.1. The van der Waals surface area contributed by atoms with Crippen molar-refractivity contribution < 1.29 is 23.8 Å². The molecule has 3 N–H and O–H groups in total. The fourth-order valence-electron chi connectivity index (χ4n) is 1.89. The fourth-order valence-corrected chi connectivity index (χ4v) is 1.89. The number of hydrogen-bond acceptors (Lipinski definition) is 4. The van der Waals surface area contributed by atoms with Crippen LogP contribution >= 0.6 is 0 Å². The van der Waals surface area contributed by atoms with Gasteiger partial charge in [0.1, 0.15) is 24.9 Å². The van der Waals surface area contributed by atoms with Crippen molar-refractivity contribution in [3.05, 3.63) is 23.3 Å². The zero-order valence-corrected chi connectivity index (χ0v) is 10.8. The van der Waals surface area contributed by atoms with Gasteiger partial charge in [0.2, 0.25) is 0 Å². The second kappa shape index (κ2) is 4.70. The standard InChI is InChI=1S/C13H16FNO4/c1-13(2,14)7-5-8(10(15)12(16)17)11-9(6-7)18-3-4-19-11/h5-6,10H,3-4,15H2,1-2H3,(H,16,17). The second-order valence-electron chi connectivity index (χ2n) is 4.88. The molecule has 0 aliphatic carbocycles. The van der Waals surface area contributed by atoms with Crippen LogP contribution in [0.3, 0.4) is 0 Å². The summed E-state index contributed by atoms with van der Waals surface area (Å²) in [5.74, 6) is -0.583. The zero-order chi connectivity index (χ0) is 14.2. The van der Waals surface area contributed by atoms with E-state index in [0.717, 1.165) is 0 Å². The van der Waals surface area contributed by atoms with E-state index in [-0.39, 0.29) is 11.3 Å². The van der Waals surface area contributed by atoms with Gasteiger partial charge < -0.3 is 20.3 Å². The number of carbonyl (C=O) groups is 1. The van der Waals surface area contributed by atoms with Crippen LogP contribution in [0.25, 0.3) is 0 Å². The van der Waals surface area contributed by atoms with Crippen LogP contribution in [0.15, 0.2) is 12.1 Å². The van der Waals surface area contributed by atoms with E-state index in [4.69, 9.17) is 20.3 Å². The van der Waals surface area contributed by atoms with Gasteiger partial charge in [-0.25, -0.2) is 4.39 Å². The lowest BCUT2D eigenvalue weighted by Crippen LogP contribution is -2.25. The Morgan fingerprint density at radius 2 is 2.05 bits per heavy atom. The Bertz CT molecular complexity index is 510. The quantitative estimate of drug-likeness (QED) is 0.873. The number of rotatable bonds is 3. The van der Waals surface area contributed by atoms with E-state index in [1.54, 1.807) is 0 Å². The lowest BCUT2D eigenvalue weighted by molar-refractivity contribution is -0.138. The molecule has 0 bridgehead atoms. The molecule has 2 rings (SSSR count). The third kappa shape index (κ3) is 2.63. The van der Waals surface area contributed by atoms with Crippen molar-refractivity contribution in [1.82, 2.24) is 0 Å². The number of aliphatic carboxylic acids is 1. The molecule has 5 nitrogen and oxygen atoms in total. The minimum absolute atomic E-state index is 0.227. The molecule has 1 aliphatic rings. The molecule has 104 valence electrons. The average Bonchev–Trinajstić information content (AvgIpc) is 2.35. The van der Waals surface area contributed by atoms with Gasteiger partial charge in [0.05, 0.1) is 0 Å². The van der Waals surface area contributed by atoms with Crippen LogP contribution in [0.4, 0.5) is 4.39 Å². The van der Waals surface area contributed by atoms with Crippen LogP contribution in [0.1, 0.15) is 31.0 Å². The first-order valence-electron chi connectivity index (χ1n) is 5.92. The number of benzene rings is 1. The minimum atomic E-state index is -1.62. The molecule has 0 spiro atoms. The molecule has 1 aromatic carbocycles. The molecule has 1 heterocycles. The second-order valence-corrected chi connectivity index (χ2v) is 4.88. The molecule has 1 atom stereocenters. The van der Waals surface area contributed by atoms with Crippen LogP contribution < -0.4 is 15.2 Å². The molecular formula is C13H16FNO4. The van der Waals surface area contributed by atoms with E-state index in [1.165, 1.54) is 26.0 Å². The van der Waals surface area contributed by atoms with Crippen molar-refractivity contribution in [2.24, 2.45) is 5.73 Å². The third-order valence-electron chi connectivity index (χ3n) is 2.96. The maximum atomic E-state index is 14.1. The van der Waals surface area contributed by atoms with Crippen LogP contribution in [-0.4, -0.2) is 24.3 Å². The summed E-state index contributed by atoms with van der Waals surface area (Å²) in [7, 11) is 0. The van der Waals surface area contributed by atoms with Crippen molar-refractivity contribution in [1.29, 1.82) is 0 Å². The first-order chi connectivity index (χ1) is 8.80. The first kappa shape index (κ1) is 13.6. The number of halogens is 1. The number of fused-ring (bicyclic) bond motifs is 1. The number of ether oxygens (including phenoxy) is 2. The van der Waals surface area contributed by atoms with Crippen molar-refractivity contribution >= 4 is 5.97 Å². The van der Waals surface area contributed by atoms with Crippen LogP contribution in [-0.2, 0) is 10.5 Å². The summed E-state index contributed by atoms with van der Waals surface area (Å²) in [6, 6.07) is 1.66. The fraction of sp³-hybridized carbons (Fsp3) is 0.462. The van der Waals surface area contributed by atoms with E-state index in [0.29, 0.717) is 24.5 Å². The number of alkyl halides is 1. The molecule has 6 heteroatoms. The van der Waals surface area contributed by atoms with Crippen molar-refractivity contribution in [3.63, 3.8) is 0 Å². The average molecular weight is 269 g/mol. The van der Waals surface area contributed by atoms with Crippen molar-refractivity contribution in [2.45, 2.75) is 25.6 Å². The zero-order valence-electron chi connectivity index (χ0n) is 10.8. The lowest BCUT2D eigenvalue weighted by atomic mass is 9.94. The Morgan fingerprint density at radius 1 is 1.42 bits per heavy atom. The van der Waals surface area contributed by atoms with Crippen molar-refractivity contribution in [2.75, 3.05) is 13.2 Å². The summed E-state index contributed by atoms with van der Waals surface area (Å²) in [5, 5.41) is 9.02. The Balaban J connectivity index is 2.59. The summed E-state index contributed by atoms with van der Waals surface area (Å²) in [6.07, 6.45) is 0. The van der Waals surface area contributed by atoms with Gasteiger partial charge in [-0.05, 0) is 31.5 Å². The summed E-state index contributed by atoms with van der Waals surface area (Å²) in [6.45, 7) is 3.42. The minimum Gasteiger partial charge on any atom is -0.486 e. The third-order valence-corrected chi connectivity index (χ3v) is 2.96. The molecule has 0 saturated carbocycles. The molecule has 0 aromatic heterocycles. The summed E-state index contributed by atoms with van der Waals surface area (Å²) < 4.78 is 24.8. The van der Waals surface area contributed by atoms with Crippen LogP contribution in [0, 0.1) is 0 Å². The number of carboxylic acids is 1. The van der Waals surface area contributed by atoms with Gasteiger partial charge >= 0.3 is 5.97 Å². The van der Waals surface area contributed by atoms with Gasteiger partial charge in [-0.3, -0.25) is 4.79 Å². The summed E-state index contributed by atoms with van der Waals surface area (Å²) in [5.41, 5.74) is 4.53.